The fourth-order valence-corrected chi connectivity index (χ4v) is 1.43. The van der Waals surface area contributed by atoms with E-state index < -0.39 is 5.97 Å². The van der Waals surface area contributed by atoms with Crippen molar-refractivity contribution < 1.29 is 14.7 Å². The van der Waals surface area contributed by atoms with Crippen LogP contribution >= 0.6 is 15.9 Å². The third kappa shape index (κ3) is 3.32. The molecule has 0 radical (unpaired) electrons. The molecule has 0 atom stereocenters. The minimum absolute atomic E-state index is 0.272. The van der Waals surface area contributed by atoms with Gasteiger partial charge in [-0.3, -0.25) is 4.79 Å². The van der Waals surface area contributed by atoms with Gasteiger partial charge in [0.15, 0.2) is 0 Å². The molecule has 1 rings (SSSR count). The van der Waals surface area contributed by atoms with Crippen molar-refractivity contribution in [3.05, 3.63) is 41.0 Å². The second kappa shape index (κ2) is 5.46. The highest BCUT2D eigenvalue weighted by Gasteiger charge is 2.04. The first-order valence-electron chi connectivity index (χ1n) is 4.22. The van der Waals surface area contributed by atoms with Gasteiger partial charge in [0.25, 0.3) is 0 Å². The van der Waals surface area contributed by atoms with Crippen LogP contribution in [0.4, 0.5) is 0 Å². The van der Waals surface area contributed by atoms with Crippen LogP contribution < -0.4 is 0 Å². The van der Waals surface area contributed by atoms with Crippen LogP contribution in [-0.2, 0) is 4.79 Å². The molecule has 0 spiro atoms. The molecule has 0 fully saturated rings. The quantitative estimate of drug-likeness (QED) is 0.518. The van der Waals surface area contributed by atoms with E-state index in [1.807, 2.05) is 0 Å². The van der Waals surface area contributed by atoms with Crippen LogP contribution in [0.2, 0.25) is 0 Å². The van der Waals surface area contributed by atoms with Gasteiger partial charge in [-0.05, 0) is 11.6 Å². The average Bonchev–Trinajstić information content (AvgIpc) is 2.26. The van der Waals surface area contributed by atoms with Crippen molar-refractivity contribution in [3.8, 4) is 0 Å². The highest BCUT2D eigenvalue weighted by molar-refractivity contribution is 9.09. The molecule has 78 valence electrons. The maximum Gasteiger partial charge on any atom is 0.332 e. The summed E-state index contributed by atoms with van der Waals surface area (Å²) in [5.41, 5.74) is 1.61. The lowest BCUT2D eigenvalue weighted by atomic mass is 10.1. The van der Waals surface area contributed by atoms with Crippen molar-refractivity contribution >= 4 is 34.3 Å². The molecular formula is C11H9BrO3. The van der Waals surface area contributed by atoms with Crippen molar-refractivity contribution in [3.63, 3.8) is 0 Å². The average molecular weight is 269 g/mol. The summed E-state index contributed by atoms with van der Waals surface area (Å²) in [6.07, 6.45) is 2.31. The Morgan fingerprint density at radius 3 is 2.20 bits per heavy atom. The number of carboxylic acids is 1. The van der Waals surface area contributed by atoms with Crippen LogP contribution in [0.25, 0.3) is 6.08 Å². The van der Waals surface area contributed by atoms with Gasteiger partial charge in [0.1, 0.15) is 6.29 Å². The van der Waals surface area contributed by atoms with Gasteiger partial charge in [0, 0.05) is 16.5 Å². The third-order valence-electron chi connectivity index (χ3n) is 1.83. The standard InChI is InChI=1S/C11H9BrO3/c12-6-10(11(14)15)5-8-1-3-9(7-13)4-2-8/h1-5,7H,6H2,(H,14,15)/b10-5-. The number of carboxylic acid groups (broad SMARTS) is 1. The van der Waals surface area contributed by atoms with E-state index in [9.17, 15) is 9.59 Å². The molecule has 15 heavy (non-hydrogen) atoms. The van der Waals surface area contributed by atoms with E-state index in [1.54, 1.807) is 30.3 Å². The molecule has 0 heterocycles. The first kappa shape index (κ1) is 11.7. The maximum atomic E-state index is 10.7. The molecule has 0 bridgehead atoms. The summed E-state index contributed by atoms with van der Waals surface area (Å²) in [6.45, 7) is 0. The van der Waals surface area contributed by atoms with Crippen LogP contribution in [0.3, 0.4) is 0 Å². The third-order valence-corrected chi connectivity index (χ3v) is 2.44. The Morgan fingerprint density at radius 2 is 1.80 bits per heavy atom. The molecule has 0 aromatic heterocycles. The first-order valence-corrected chi connectivity index (χ1v) is 5.34. The molecular weight excluding hydrogens is 260 g/mol. The molecule has 1 N–H and O–H groups in total. The minimum atomic E-state index is -0.952. The van der Waals surface area contributed by atoms with E-state index in [-0.39, 0.29) is 10.9 Å². The summed E-state index contributed by atoms with van der Waals surface area (Å²) in [7, 11) is 0. The van der Waals surface area contributed by atoms with Gasteiger partial charge in [-0.15, -0.1) is 0 Å². The van der Waals surface area contributed by atoms with E-state index in [4.69, 9.17) is 5.11 Å². The lowest BCUT2D eigenvalue weighted by Crippen LogP contribution is -2.00. The number of rotatable bonds is 4. The second-order valence-corrected chi connectivity index (χ2v) is 3.45. The van der Waals surface area contributed by atoms with E-state index >= 15 is 0 Å². The Labute approximate surface area is 95.6 Å². The number of aldehydes is 1. The molecule has 0 amide bonds. The summed E-state index contributed by atoms with van der Waals surface area (Å²) in [5.74, 6) is -0.952. The zero-order valence-corrected chi connectivity index (χ0v) is 9.40. The van der Waals surface area contributed by atoms with Gasteiger partial charge in [-0.1, -0.05) is 40.2 Å². The Hall–Kier alpha value is -1.42. The Kier molecular flexibility index (Phi) is 4.24. The van der Waals surface area contributed by atoms with E-state index in [0.717, 1.165) is 11.8 Å². The number of halogens is 1. The van der Waals surface area contributed by atoms with Crippen LogP contribution in [0.15, 0.2) is 29.8 Å². The first-order chi connectivity index (χ1) is 7.17. The van der Waals surface area contributed by atoms with Crippen molar-refractivity contribution in [2.45, 2.75) is 0 Å². The minimum Gasteiger partial charge on any atom is -0.478 e. The van der Waals surface area contributed by atoms with Gasteiger partial charge in [0.2, 0.25) is 0 Å². The smallest absolute Gasteiger partial charge is 0.332 e. The number of carbonyl (C=O) groups is 2. The van der Waals surface area contributed by atoms with E-state index in [2.05, 4.69) is 15.9 Å². The lowest BCUT2D eigenvalue weighted by molar-refractivity contribution is -0.132. The zero-order chi connectivity index (χ0) is 11.3. The van der Waals surface area contributed by atoms with Gasteiger partial charge in [-0.2, -0.15) is 0 Å². The van der Waals surface area contributed by atoms with E-state index in [1.165, 1.54) is 0 Å². The topological polar surface area (TPSA) is 54.4 Å². The Morgan fingerprint density at radius 1 is 1.27 bits per heavy atom. The summed E-state index contributed by atoms with van der Waals surface area (Å²) >= 11 is 3.10. The highest BCUT2D eigenvalue weighted by Crippen LogP contribution is 2.10. The maximum absolute atomic E-state index is 10.7. The van der Waals surface area contributed by atoms with Gasteiger partial charge < -0.3 is 5.11 Å². The van der Waals surface area contributed by atoms with E-state index in [0.29, 0.717) is 5.56 Å². The molecule has 0 saturated carbocycles. The van der Waals surface area contributed by atoms with Crippen LogP contribution in [0.5, 0.6) is 0 Å². The van der Waals surface area contributed by atoms with Gasteiger partial charge >= 0.3 is 5.97 Å². The second-order valence-electron chi connectivity index (χ2n) is 2.89. The van der Waals surface area contributed by atoms with Crippen LogP contribution in [-0.4, -0.2) is 22.7 Å². The van der Waals surface area contributed by atoms with Crippen LogP contribution in [0.1, 0.15) is 15.9 Å². The predicted octanol–water partition coefficient (Wildman–Crippen LogP) is 2.36. The fraction of sp³-hybridized carbons (Fsp3) is 0.0909. The molecule has 1 aromatic rings. The molecule has 4 heteroatoms. The van der Waals surface area contributed by atoms with Crippen molar-refractivity contribution in [2.24, 2.45) is 0 Å². The Bertz CT molecular complexity index is 393. The molecule has 0 aliphatic carbocycles. The number of benzene rings is 1. The van der Waals surface area contributed by atoms with Gasteiger partial charge in [0.05, 0.1) is 0 Å². The van der Waals surface area contributed by atoms with Gasteiger partial charge in [-0.25, -0.2) is 4.79 Å². The molecule has 0 aliphatic heterocycles. The number of alkyl halides is 1. The number of carbonyl (C=O) groups excluding carboxylic acids is 1. The Balaban J connectivity index is 2.96. The summed E-state index contributed by atoms with van der Waals surface area (Å²) < 4.78 is 0. The van der Waals surface area contributed by atoms with Crippen molar-refractivity contribution in [1.29, 1.82) is 0 Å². The molecule has 3 nitrogen and oxygen atoms in total. The van der Waals surface area contributed by atoms with Crippen LogP contribution in [0, 0.1) is 0 Å². The molecule has 0 aliphatic rings. The monoisotopic (exact) mass is 268 g/mol. The normalized spacial score (nSPS) is 11.1. The number of hydrogen-bond acceptors (Lipinski definition) is 2. The summed E-state index contributed by atoms with van der Waals surface area (Å²) in [6, 6.07) is 6.70. The summed E-state index contributed by atoms with van der Waals surface area (Å²) in [4.78, 5) is 21.1. The molecule has 0 unspecified atom stereocenters. The molecule has 1 aromatic carbocycles. The fourth-order valence-electron chi connectivity index (χ4n) is 1.03. The molecule has 0 saturated heterocycles. The summed E-state index contributed by atoms with van der Waals surface area (Å²) in [5, 5.41) is 9.07. The largest absolute Gasteiger partial charge is 0.478 e. The lowest BCUT2D eigenvalue weighted by Gasteiger charge is -1.98. The van der Waals surface area contributed by atoms with Crippen molar-refractivity contribution in [1.82, 2.24) is 0 Å². The number of aliphatic carboxylic acids is 1. The highest BCUT2D eigenvalue weighted by atomic mass is 79.9. The number of hydrogen-bond donors (Lipinski definition) is 1. The SMILES string of the molecule is O=Cc1ccc(/C=C(/CBr)C(=O)O)cc1. The zero-order valence-electron chi connectivity index (χ0n) is 7.81. The van der Waals surface area contributed by atoms with Crippen molar-refractivity contribution in [2.75, 3.05) is 5.33 Å². The predicted molar refractivity (Wildman–Crippen MR) is 61.2 cm³/mol.